The van der Waals surface area contributed by atoms with Crippen LogP contribution in [0.25, 0.3) is 0 Å². The van der Waals surface area contributed by atoms with Gasteiger partial charge in [-0.3, -0.25) is 9.52 Å². The van der Waals surface area contributed by atoms with Crippen LogP contribution in [0.2, 0.25) is 0 Å². The number of nitrogens with zero attached hydrogens (tertiary/aromatic N) is 1. The topological polar surface area (TPSA) is 75.7 Å². The molecular formula is C20H24N2O4S. The maximum absolute atomic E-state index is 13.0. The number of hydrogen-bond donors (Lipinski definition) is 1. The number of hydrogen-bond acceptors (Lipinski definition) is 4. The van der Waals surface area contributed by atoms with Crippen LogP contribution in [0.5, 0.6) is 5.75 Å². The zero-order chi connectivity index (χ0) is 19.4. The molecule has 0 radical (unpaired) electrons. The molecule has 0 aliphatic carbocycles. The lowest BCUT2D eigenvalue weighted by molar-refractivity contribution is 0.0735. The van der Waals surface area contributed by atoms with Crippen molar-refractivity contribution >= 4 is 21.6 Å². The maximum Gasteiger partial charge on any atom is 0.254 e. The van der Waals surface area contributed by atoms with Gasteiger partial charge in [0.25, 0.3) is 5.91 Å². The number of rotatable bonds is 6. The highest BCUT2D eigenvalue weighted by Crippen LogP contribution is 2.34. The summed E-state index contributed by atoms with van der Waals surface area (Å²) < 4.78 is 30.8. The Kier molecular flexibility index (Phi) is 5.70. The molecule has 1 unspecified atom stereocenters. The molecule has 7 heteroatoms. The van der Waals surface area contributed by atoms with E-state index in [1.165, 1.54) is 0 Å². The average Bonchev–Trinajstić information content (AvgIpc) is 3.10. The van der Waals surface area contributed by atoms with Gasteiger partial charge in [0, 0.05) is 17.8 Å². The quantitative estimate of drug-likeness (QED) is 0.823. The minimum Gasteiger partial charge on any atom is -0.494 e. The second kappa shape index (κ2) is 8.00. The van der Waals surface area contributed by atoms with E-state index in [2.05, 4.69) is 4.72 Å². The Hall–Kier alpha value is -2.54. The van der Waals surface area contributed by atoms with Crippen molar-refractivity contribution in [1.29, 1.82) is 0 Å². The van der Waals surface area contributed by atoms with E-state index < -0.39 is 10.0 Å². The van der Waals surface area contributed by atoms with Crippen molar-refractivity contribution in [2.75, 3.05) is 24.1 Å². The number of anilines is 1. The Balaban J connectivity index is 1.80. The Bertz CT molecular complexity index is 910. The van der Waals surface area contributed by atoms with Crippen molar-refractivity contribution in [2.45, 2.75) is 25.8 Å². The summed E-state index contributed by atoms with van der Waals surface area (Å²) in [6.07, 6.45) is 2.93. The van der Waals surface area contributed by atoms with Gasteiger partial charge in [0.15, 0.2) is 0 Å². The Morgan fingerprint density at radius 3 is 2.63 bits per heavy atom. The summed E-state index contributed by atoms with van der Waals surface area (Å²) in [5.41, 5.74) is 1.94. The molecule has 0 aromatic heterocycles. The van der Waals surface area contributed by atoms with Gasteiger partial charge in [0.05, 0.1) is 18.9 Å². The van der Waals surface area contributed by atoms with Gasteiger partial charge in [-0.25, -0.2) is 8.42 Å². The fourth-order valence-electron chi connectivity index (χ4n) is 3.40. The van der Waals surface area contributed by atoms with E-state index in [1.807, 2.05) is 36.1 Å². The summed E-state index contributed by atoms with van der Waals surface area (Å²) >= 11 is 0. The number of amides is 1. The van der Waals surface area contributed by atoms with E-state index in [4.69, 9.17) is 4.74 Å². The molecule has 3 rings (SSSR count). The summed E-state index contributed by atoms with van der Waals surface area (Å²) in [5.74, 6) is 0.722. The molecule has 1 aliphatic heterocycles. The molecule has 1 saturated heterocycles. The standard InChI is InChI=1S/C20H24N2O4S/c1-3-26-18-11-9-15(10-12-18)19-8-5-13-22(19)20(23)16-6-4-7-17(14-16)21-27(2,24)25/h4,6-7,9-12,14,19,21H,3,5,8,13H2,1-2H3. The molecule has 1 N–H and O–H groups in total. The van der Waals surface area contributed by atoms with Crippen molar-refractivity contribution in [3.8, 4) is 5.75 Å². The number of nitrogens with one attached hydrogen (secondary N) is 1. The Morgan fingerprint density at radius 1 is 1.22 bits per heavy atom. The first-order valence-corrected chi connectivity index (χ1v) is 10.9. The van der Waals surface area contributed by atoms with Gasteiger partial charge in [-0.05, 0) is 55.7 Å². The van der Waals surface area contributed by atoms with Gasteiger partial charge in [-0.1, -0.05) is 18.2 Å². The van der Waals surface area contributed by atoms with Crippen LogP contribution in [0.1, 0.15) is 41.7 Å². The molecular weight excluding hydrogens is 364 g/mol. The molecule has 27 heavy (non-hydrogen) atoms. The number of ether oxygens (including phenoxy) is 1. The predicted octanol–water partition coefficient (Wildman–Crippen LogP) is 3.43. The fourth-order valence-corrected chi connectivity index (χ4v) is 3.96. The molecule has 0 saturated carbocycles. The van der Waals surface area contributed by atoms with E-state index in [9.17, 15) is 13.2 Å². The monoisotopic (exact) mass is 388 g/mol. The number of sulfonamides is 1. The van der Waals surface area contributed by atoms with E-state index >= 15 is 0 Å². The third-order valence-corrected chi connectivity index (χ3v) is 5.11. The van der Waals surface area contributed by atoms with Gasteiger partial charge in [0.1, 0.15) is 5.75 Å². The molecule has 1 fully saturated rings. The molecule has 6 nitrogen and oxygen atoms in total. The minimum atomic E-state index is -3.39. The van der Waals surface area contributed by atoms with E-state index in [1.54, 1.807) is 24.3 Å². The summed E-state index contributed by atoms with van der Waals surface area (Å²) in [5, 5.41) is 0. The van der Waals surface area contributed by atoms with Crippen LogP contribution in [-0.2, 0) is 10.0 Å². The van der Waals surface area contributed by atoms with Crippen LogP contribution in [0.15, 0.2) is 48.5 Å². The highest BCUT2D eigenvalue weighted by Gasteiger charge is 2.30. The molecule has 1 atom stereocenters. The van der Waals surface area contributed by atoms with Crippen molar-refractivity contribution in [2.24, 2.45) is 0 Å². The molecule has 144 valence electrons. The van der Waals surface area contributed by atoms with Crippen molar-refractivity contribution < 1.29 is 17.9 Å². The van der Waals surface area contributed by atoms with Gasteiger partial charge in [-0.2, -0.15) is 0 Å². The zero-order valence-electron chi connectivity index (χ0n) is 15.5. The van der Waals surface area contributed by atoms with Crippen molar-refractivity contribution in [1.82, 2.24) is 4.90 Å². The normalized spacial score (nSPS) is 17.0. The van der Waals surface area contributed by atoms with Crippen LogP contribution < -0.4 is 9.46 Å². The third kappa shape index (κ3) is 4.80. The second-order valence-electron chi connectivity index (χ2n) is 6.61. The number of likely N-dealkylation sites (tertiary alicyclic amines) is 1. The van der Waals surface area contributed by atoms with Crippen LogP contribution >= 0.6 is 0 Å². The average molecular weight is 388 g/mol. The molecule has 0 spiro atoms. The van der Waals surface area contributed by atoms with Crippen molar-refractivity contribution in [3.05, 3.63) is 59.7 Å². The molecule has 1 amide bonds. The van der Waals surface area contributed by atoms with Crippen LogP contribution in [0, 0.1) is 0 Å². The largest absolute Gasteiger partial charge is 0.494 e. The maximum atomic E-state index is 13.0. The van der Waals surface area contributed by atoms with Gasteiger partial charge < -0.3 is 9.64 Å². The SMILES string of the molecule is CCOc1ccc(C2CCCN2C(=O)c2cccc(NS(C)(=O)=O)c2)cc1. The molecule has 2 aromatic rings. The van der Waals surface area contributed by atoms with Gasteiger partial charge in [0.2, 0.25) is 10.0 Å². The molecule has 1 heterocycles. The van der Waals surface area contributed by atoms with Crippen LogP contribution in [-0.4, -0.2) is 38.6 Å². The smallest absolute Gasteiger partial charge is 0.254 e. The first-order valence-electron chi connectivity index (χ1n) is 8.99. The lowest BCUT2D eigenvalue weighted by Crippen LogP contribution is -2.30. The van der Waals surface area contributed by atoms with Crippen LogP contribution in [0.4, 0.5) is 5.69 Å². The number of benzene rings is 2. The van der Waals surface area contributed by atoms with E-state index in [0.717, 1.165) is 30.4 Å². The lowest BCUT2D eigenvalue weighted by atomic mass is 10.0. The Labute approximate surface area is 160 Å². The summed E-state index contributed by atoms with van der Waals surface area (Å²) in [6.45, 7) is 3.24. The molecule has 0 bridgehead atoms. The van der Waals surface area contributed by atoms with E-state index in [0.29, 0.717) is 24.4 Å². The summed E-state index contributed by atoms with van der Waals surface area (Å²) in [4.78, 5) is 14.9. The van der Waals surface area contributed by atoms with Gasteiger partial charge >= 0.3 is 0 Å². The van der Waals surface area contributed by atoms with Gasteiger partial charge in [-0.15, -0.1) is 0 Å². The highest BCUT2D eigenvalue weighted by atomic mass is 32.2. The van der Waals surface area contributed by atoms with E-state index in [-0.39, 0.29) is 11.9 Å². The second-order valence-corrected chi connectivity index (χ2v) is 8.36. The fraction of sp³-hybridized carbons (Fsp3) is 0.350. The first-order chi connectivity index (χ1) is 12.9. The third-order valence-electron chi connectivity index (χ3n) is 4.50. The van der Waals surface area contributed by atoms with Crippen molar-refractivity contribution in [3.63, 3.8) is 0 Å². The van der Waals surface area contributed by atoms with Crippen LogP contribution in [0.3, 0.4) is 0 Å². The zero-order valence-corrected chi connectivity index (χ0v) is 16.3. The predicted molar refractivity (Wildman–Crippen MR) is 106 cm³/mol. The lowest BCUT2D eigenvalue weighted by Gasteiger charge is -2.25. The first kappa shape index (κ1) is 19.2. The number of carbonyl (C=O) groups is 1. The minimum absolute atomic E-state index is 0.0136. The molecule has 1 aliphatic rings. The highest BCUT2D eigenvalue weighted by molar-refractivity contribution is 7.92. The Morgan fingerprint density at radius 2 is 1.96 bits per heavy atom. The molecule has 2 aromatic carbocycles. The number of carbonyl (C=O) groups excluding carboxylic acids is 1. The summed E-state index contributed by atoms with van der Waals surface area (Å²) in [7, 11) is -3.39. The summed E-state index contributed by atoms with van der Waals surface area (Å²) in [6, 6.07) is 14.5.